The Morgan fingerprint density at radius 1 is 0.769 bits per heavy atom. The Labute approximate surface area is 134 Å². The molecule has 1 fully saturated rings. The van der Waals surface area contributed by atoms with E-state index >= 15 is 0 Å². The first-order chi connectivity index (χ1) is 5.21. The van der Waals surface area contributed by atoms with E-state index in [4.69, 9.17) is 30.7 Å². The molecule has 1 aliphatic rings. The molecule has 7 heteroatoms. The van der Waals surface area contributed by atoms with Crippen molar-refractivity contribution in [1.29, 1.82) is 0 Å². The number of hydrogen-bond acceptors (Lipinski definition) is 4. The van der Waals surface area contributed by atoms with E-state index in [1.54, 1.807) is 0 Å². The van der Waals surface area contributed by atoms with Crippen LogP contribution < -0.4 is 0 Å². The van der Waals surface area contributed by atoms with Crippen LogP contribution in [0.2, 0.25) is 0 Å². The number of rotatable bonds is 0. The average molecular weight is 260 g/mol. The minimum atomic E-state index is -2.00. The van der Waals surface area contributed by atoms with E-state index in [0.29, 0.717) is 13.2 Å². The zero-order valence-electron chi connectivity index (χ0n) is 6.28. The molecule has 0 aromatic heterocycles. The van der Waals surface area contributed by atoms with Crippen molar-refractivity contribution in [3.63, 3.8) is 0 Å². The summed E-state index contributed by atoms with van der Waals surface area (Å²) in [6.45, 7) is 1.34. The summed E-state index contributed by atoms with van der Waals surface area (Å²) in [5.74, 6) is 0. The molecule has 1 aliphatic heterocycles. The Kier molecular flexibility index (Phi) is 13.8. The molecule has 0 unspecified atom stereocenters. The molecule has 1 saturated heterocycles. The van der Waals surface area contributed by atoms with Crippen molar-refractivity contribution in [3.05, 3.63) is 0 Å². The molecule has 0 saturated carbocycles. The van der Waals surface area contributed by atoms with E-state index in [1.807, 2.05) is 0 Å². The zero-order valence-corrected chi connectivity index (χ0v) is 8.73. The first-order valence-electron chi connectivity index (χ1n) is 3.74. The van der Waals surface area contributed by atoms with Gasteiger partial charge in [0.1, 0.15) is 7.71 Å². The predicted octanol–water partition coefficient (Wildman–Crippen LogP) is 0.204. The quantitative estimate of drug-likeness (QED) is 0.579. The van der Waals surface area contributed by atoms with E-state index in [-0.39, 0.29) is 59.1 Å². The second-order valence-electron chi connectivity index (χ2n) is 2.47. The standard InChI is InChI=1S/C6H12O2S3.2Na.2H/c9-11(10)7-5-3-1-2-4-6-8-11;;;;/h1-6H2;;;;. The Bertz CT molecular complexity index is 190. The van der Waals surface area contributed by atoms with E-state index in [0.717, 1.165) is 12.8 Å². The first kappa shape index (κ1) is 18.1. The van der Waals surface area contributed by atoms with E-state index in [1.165, 1.54) is 12.8 Å². The van der Waals surface area contributed by atoms with Crippen LogP contribution in [0.25, 0.3) is 0 Å². The summed E-state index contributed by atoms with van der Waals surface area (Å²) in [7, 11) is -2.00. The molecular weight excluding hydrogens is 246 g/mol. The molecule has 1 heterocycles. The SMILES string of the molecule is S=S1(=S)OCCCCCCO1.[NaH].[NaH]. The van der Waals surface area contributed by atoms with Crippen LogP contribution in [-0.2, 0) is 38.5 Å². The molecule has 0 amide bonds. The van der Waals surface area contributed by atoms with Gasteiger partial charge in [-0.3, -0.25) is 8.37 Å². The summed E-state index contributed by atoms with van der Waals surface area (Å²) >= 11 is 9.91. The second kappa shape index (κ2) is 9.90. The summed E-state index contributed by atoms with van der Waals surface area (Å²) in [6, 6.07) is 0. The second-order valence-corrected chi connectivity index (χ2v) is 7.02. The molecule has 0 aliphatic carbocycles. The third-order valence-corrected chi connectivity index (χ3v) is 3.56. The van der Waals surface area contributed by atoms with Crippen molar-refractivity contribution in [2.75, 3.05) is 13.2 Å². The molecule has 1 rings (SSSR count). The van der Waals surface area contributed by atoms with Gasteiger partial charge >= 0.3 is 59.1 Å². The van der Waals surface area contributed by atoms with Gasteiger partial charge in [0.15, 0.2) is 0 Å². The third kappa shape index (κ3) is 9.63. The van der Waals surface area contributed by atoms with Crippen LogP contribution in [0.1, 0.15) is 25.7 Å². The minimum absolute atomic E-state index is 0. The first-order valence-corrected chi connectivity index (χ1v) is 7.08. The molecule has 0 radical (unpaired) electrons. The van der Waals surface area contributed by atoms with Crippen LogP contribution in [0, 0.1) is 0 Å². The average Bonchev–Trinajstić information content (AvgIpc) is 2.00. The van der Waals surface area contributed by atoms with Crippen molar-refractivity contribution in [1.82, 2.24) is 0 Å². The van der Waals surface area contributed by atoms with Gasteiger partial charge in [0.2, 0.25) is 0 Å². The monoisotopic (exact) mass is 260 g/mol. The van der Waals surface area contributed by atoms with E-state index < -0.39 is 7.71 Å². The van der Waals surface area contributed by atoms with Gasteiger partial charge in [0.25, 0.3) is 0 Å². The molecule has 0 N–H and O–H groups in total. The van der Waals surface area contributed by atoms with Gasteiger partial charge < -0.3 is 0 Å². The number of hydrogen-bond donors (Lipinski definition) is 0. The third-order valence-electron chi connectivity index (χ3n) is 1.49. The summed E-state index contributed by atoms with van der Waals surface area (Å²) in [6.07, 6.45) is 4.52. The van der Waals surface area contributed by atoms with Crippen molar-refractivity contribution >= 4 is 89.2 Å². The predicted molar refractivity (Wildman–Crippen MR) is 66.8 cm³/mol. The molecule has 0 aromatic carbocycles. The molecule has 70 valence electrons. The summed E-state index contributed by atoms with van der Waals surface area (Å²) in [5.41, 5.74) is 0. The maximum atomic E-state index is 5.24. The molecule has 0 atom stereocenters. The Morgan fingerprint density at radius 2 is 1.15 bits per heavy atom. The van der Waals surface area contributed by atoms with Gasteiger partial charge in [-0.15, -0.1) is 0 Å². The normalized spacial score (nSPS) is 22.5. The fourth-order valence-corrected chi connectivity index (χ4v) is 2.44. The molecule has 0 spiro atoms. The van der Waals surface area contributed by atoms with Gasteiger partial charge in [-0.25, -0.2) is 0 Å². The Balaban J connectivity index is 0. The fourth-order valence-electron chi connectivity index (χ4n) is 0.914. The fraction of sp³-hybridized carbons (Fsp3) is 1.00. The molecule has 0 aromatic rings. The summed E-state index contributed by atoms with van der Waals surface area (Å²) in [4.78, 5) is 0. The van der Waals surface area contributed by atoms with Crippen LogP contribution in [0.3, 0.4) is 0 Å². The maximum absolute atomic E-state index is 5.24. The van der Waals surface area contributed by atoms with Crippen LogP contribution in [0.15, 0.2) is 0 Å². The molecule has 2 nitrogen and oxygen atoms in total. The van der Waals surface area contributed by atoms with E-state index in [9.17, 15) is 0 Å². The van der Waals surface area contributed by atoms with Gasteiger partial charge in [0, 0.05) is 22.4 Å². The topological polar surface area (TPSA) is 18.5 Å². The van der Waals surface area contributed by atoms with Gasteiger partial charge in [-0.2, -0.15) is 0 Å². The molecular formula is C6H14Na2O2S3. The summed E-state index contributed by atoms with van der Waals surface area (Å²) in [5, 5.41) is 0. The van der Waals surface area contributed by atoms with Crippen molar-refractivity contribution < 1.29 is 8.37 Å². The Morgan fingerprint density at radius 3 is 1.54 bits per heavy atom. The zero-order chi connectivity index (χ0) is 8.16. The van der Waals surface area contributed by atoms with Crippen molar-refractivity contribution in [3.8, 4) is 0 Å². The van der Waals surface area contributed by atoms with E-state index in [2.05, 4.69) is 0 Å². The molecule has 13 heavy (non-hydrogen) atoms. The van der Waals surface area contributed by atoms with Gasteiger partial charge in [-0.1, -0.05) is 12.8 Å². The van der Waals surface area contributed by atoms with Crippen LogP contribution in [0.4, 0.5) is 0 Å². The van der Waals surface area contributed by atoms with Gasteiger partial charge in [0.05, 0.1) is 13.2 Å². The van der Waals surface area contributed by atoms with Crippen molar-refractivity contribution in [2.24, 2.45) is 0 Å². The Hall–Kier alpha value is 2.71. The van der Waals surface area contributed by atoms with Crippen LogP contribution in [0.5, 0.6) is 0 Å². The molecule has 0 bridgehead atoms. The van der Waals surface area contributed by atoms with Crippen LogP contribution >= 0.6 is 0 Å². The summed E-state index contributed by atoms with van der Waals surface area (Å²) < 4.78 is 10.5. The van der Waals surface area contributed by atoms with Gasteiger partial charge in [-0.05, 0) is 12.8 Å². The van der Waals surface area contributed by atoms with Crippen LogP contribution in [-0.4, -0.2) is 72.3 Å². The van der Waals surface area contributed by atoms with Crippen molar-refractivity contribution in [2.45, 2.75) is 25.7 Å².